The van der Waals surface area contributed by atoms with E-state index in [0.29, 0.717) is 0 Å². The molecule has 0 N–H and O–H groups in total. The average Bonchev–Trinajstić information content (AvgIpc) is 3.09. The van der Waals surface area contributed by atoms with E-state index in [1.54, 1.807) is 11.9 Å². The maximum atomic E-state index is 13.3. The molecule has 3 aromatic rings. The van der Waals surface area contributed by atoms with Gasteiger partial charge in [0.1, 0.15) is 11.3 Å². The van der Waals surface area contributed by atoms with Crippen LogP contribution in [-0.2, 0) is 5.41 Å². The van der Waals surface area contributed by atoms with E-state index in [9.17, 15) is 4.79 Å². The van der Waals surface area contributed by atoms with Crippen LogP contribution in [0.2, 0.25) is 0 Å². The van der Waals surface area contributed by atoms with E-state index in [2.05, 4.69) is 42.2 Å². The molecular weight excluding hydrogens is 368 g/mol. The summed E-state index contributed by atoms with van der Waals surface area (Å²) in [7, 11) is 2.17. The molecule has 144 valence electrons. The number of piperazine rings is 1. The van der Waals surface area contributed by atoms with Gasteiger partial charge in [-0.3, -0.25) is 4.79 Å². The van der Waals surface area contributed by atoms with Crippen LogP contribution in [0.25, 0.3) is 11.0 Å². The van der Waals surface area contributed by atoms with Gasteiger partial charge in [-0.05, 0) is 62.7 Å². The first-order valence-electron chi connectivity index (χ1n) is 9.78. The zero-order chi connectivity index (χ0) is 19.5. The van der Waals surface area contributed by atoms with E-state index in [1.165, 1.54) is 4.90 Å². The molecule has 2 aromatic carbocycles. The van der Waals surface area contributed by atoms with Crippen LogP contribution in [0.3, 0.4) is 0 Å². The molecule has 5 rings (SSSR count). The number of rotatable bonds is 2. The van der Waals surface area contributed by atoms with Crippen LogP contribution in [-0.4, -0.2) is 48.2 Å². The third-order valence-electron chi connectivity index (χ3n) is 6.00. The van der Waals surface area contributed by atoms with Crippen molar-refractivity contribution in [3.05, 3.63) is 64.9 Å². The van der Waals surface area contributed by atoms with E-state index in [0.717, 1.165) is 59.6 Å². The van der Waals surface area contributed by atoms with Gasteiger partial charge < -0.3 is 9.32 Å². The molecule has 0 radical (unpaired) electrons. The summed E-state index contributed by atoms with van der Waals surface area (Å²) < 4.78 is 8.60. The van der Waals surface area contributed by atoms with E-state index in [-0.39, 0.29) is 11.2 Å². The van der Waals surface area contributed by atoms with Crippen LogP contribution in [0.4, 0.5) is 0 Å². The zero-order valence-corrected chi connectivity index (χ0v) is 17.3. The fourth-order valence-electron chi connectivity index (χ4n) is 4.29. The van der Waals surface area contributed by atoms with Crippen molar-refractivity contribution in [2.24, 2.45) is 0 Å². The topological polar surface area (TPSA) is 36.7 Å². The highest BCUT2D eigenvalue weighted by Gasteiger charge is 2.41. The maximum absolute atomic E-state index is 13.3. The number of benzene rings is 2. The summed E-state index contributed by atoms with van der Waals surface area (Å²) in [5.74, 6) is 0.860. The van der Waals surface area contributed by atoms with Crippen LogP contribution in [0.5, 0.6) is 0 Å². The number of nitrogens with zero attached hydrogens (tertiary/aromatic N) is 2. The summed E-state index contributed by atoms with van der Waals surface area (Å²) in [6, 6.07) is 14.1. The number of para-hydroxylation sites is 1. The van der Waals surface area contributed by atoms with Crippen molar-refractivity contribution in [3.8, 4) is 0 Å². The smallest absolute Gasteiger partial charge is 0.197 e. The summed E-state index contributed by atoms with van der Waals surface area (Å²) in [6.45, 7) is 8.59. The monoisotopic (exact) mass is 392 g/mol. The zero-order valence-electron chi connectivity index (χ0n) is 16.5. The minimum atomic E-state index is -0.351. The van der Waals surface area contributed by atoms with Crippen LogP contribution < -0.4 is 0 Å². The molecule has 1 aliphatic heterocycles. The maximum Gasteiger partial charge on any atom is 0.197 e. The first-order chi connectivity index (χ1) is 13.4. The lowest BCUT2D eigenvalue weighted by Gasteiger charge is -2.33. The Bertz CT molecular complexity index is 1080. The Kier molecular flexibility index (Phi) is 4.16. The van der Waals surface area contributed by atoms with Crippen LogP contribution >= 0.6 is 11.9 Å². The second-order valence-electron chi connectivity index (χ2n) is 8.29. The molecule has 0 spiro atoms. The number of fused-ring (bicyclic) bond motifs is 4. The van der Waals surface area contributed by atoms with E-state index in [4.69, 9.17) is 4.42 Å². The van der Waals surface area contributed by atoms with Gasteiger partial charge in [-0.25, -0.2) is 4.31 Å². The molecule has 1 saturated heterocycles. The predicted molar refractivity (Wildman–Crippen MR) is 113 cm³/mol. The molecule has 2 heterocycles. The minimum Gasteiger partial charge on any atom is -0.459 e. The van der Waals surface area contributed by atoms with Crippen molar-refractivity contribution in [3.63, 3.8) is 0 Å². The molecule has 0 bridgehead atoms. The Balaban J connectivity index is 1.55. The highest BCUT2D eigenvalue weighted by atomic mass is 32.2. The molecule has 2 aliphatic rings. The second-order valence-corrected chi connectivity index (χ2v) is 9.46. The van der Waals surface area contributed by atoms with E-state index < -0.39 is 0 Å². The van der Waals surface area contributed by atoms with Gasteiger partial charge in [0, 0.05) is 47.4 Å². The second kappa shape index (κ2) is 6.48. The lowest BCUT2D eigenvalue weighted by molar-refractivity contribution is 0.102. The largest absolute Gasteiger partial charge is 0.459 e. The Hall–Kier alpha value is -2.08. The molecule has 28 heavy (non-hydrogen) atoms. The molecule has 0 saturated carbocycles. The van der Waals surface area contributed by atoms with Crippen molar-refractivity contribution in [2.45, 2.75) is 24.2 Å². The van der Waals surface area contributed by atoms with E-state index in [1.807, 2.05) is 30.3 Å². The number of carbonyl (C=O) groups excluding carboxylic acids is 1. The SMILES string of the molecule is CN1CCN(Sc2ccc3c(c2)C(C)(C)c2oc4ccccc4c2C3=O)CC1. The Morgan fingerprint density at radius 1 is 1.04 bits per heavy atom. The van der Waals surface area contributed by atoms with E-state index >= 15 is 0 Å². The number of likely N-dealkylation sites (N-methyl/N-ethyl adjacent to an activating group) is 1. The van der Waals surface area contributed by atoms with Crippen molar-refractivity contribution in [2.75, 3.05) is 33.2 Å². The number of hydrogen-bond acceptors (Lipinski definition) is 5. The molecule has 1 aliphatic carbocycles. The third kappa shape index (κ3) is 2.72. The standard InChI is InChI=1S/C23H24N2O2S/c1-23(2)18-14-15(28-25-12-10-24(3)11-13-25)8-9-16(18)21(26)20-17-6-4-5-7-19(17)27-22(20)23/h4-9,14H,10-13H2,1-3H3. The molecule has 1 fully saturated rings. The normalized spacial score (nSPS) is 19.6. The van der Waals surface area contributed by atoms with Crippen molar-refractivity contribution < 1.29 is 9.21 Å². The molecule has 1 aromatic heterocycles. The van der Waals surface area contributed by atoms with Gasteiger partial charge >= 0.3 is 0 Å². The average molecular weight is 393 g/mol. The predicted octanol–water partition coefficient (Wildman–Crippen LogP) is 4.56. The van der Waals surface area contributed by atoms with Gasteiger partial charge in [0.15, 0.2) is 5.78 Å². The number of hydrogen-bond donors (Lipinski definition) is 0. The molecular formula is C23H24N2O2S. The van der Waals surface area contributed by atoms with Gasteiger partial charge in [0.25, 0.3) is 0 Å². The van der Waals surface area contributed by atoms with Crippen molar-refractivity contribution in [1.82, 2.24) is 9.21 Å². The first kappa shape index (κ1) is 18.0. The Morgan fingerprint density at radius 3 is 2.57 bits per heavy atom. The molecule has 4 nitrogen and oxygen atoms in total. The highest BCUT2D eigenvalue weighted by Crippen LogP contribution is 2.46. The molecule has 5 heteroatoms. The lowest BCUT2D eigenvalue weighted by atomic mass is 9.72. The Morgan fingerprint density at radius 2 is 1.79 bits per heavy atom. The molecule has 0 atom stereocenters. The number of carbonyl (C=O) groups is 1. The summed E-state index contributed by atoms with van der Waals surface area (Å²) >= 11 is 1.79. The fraction of sp³-hybridized carbons (Fsp3) is 0.348. The van der Waals surface area contributed by atoms with Crippen molar-refractivity contribution in [1.29, 1.82) is 0 Å². The van der Waals surface area contributed by atoms with Crippen molar-refractivity contribution >= 4 is 28.7 Å². The number of ketones is 1. The summed E-state index contributed by atoms with van der Waals surface area (Å²) in [4.78, 5) is 16.9. The quantitative estimate of drug-likeness (QED) is 0.598. The highest BCUT2D eigenvalue weighted by molar-refractivity contribution is 7.97. The van der Waals surface area contributed by atoms with Crippen LogP contribution in [0, 0.1) is 0 Å². The van der Waals surface area contributed by atoms with Gasteiger partial charge in [0.2, 0.25) is 0 Å². The van der Waals surface area contributed by atoms with Gasteiger partial charge in [-0.2, -0.15) is 0 Å². The first-order valence-corrected chi connectivity index (χ1v) is 10.5. The van der Waals surface area contributed by atoms with Crippen LogP contribution in [0.15, 0.2) is 51.8 Å². The number of furan rings is 1. The summed E-state index contributed by atoms with van der Waals surface area (Å²) in [5.41, 5.74) is 3.02. The molecule has 0 unspecified atom stereocenters. The van der Waals surface area contributed by atoms with Gasteiger partial charge in [-0.1, -0.05) is 18.2 Å². The molecule has 0 amide bonds. The Labute approximate surface area is 169 Å². The summed E-state index contributed by atoms with van der Waals surface area (Å²) in [6.07, 6.45) is 0. The van der Waals surface area contributed by atoms with Gasteiger partial charge in [-0.15, -0.1) is 0 Å². The minimum absolute atomic E-state index is 0.0745. The van der Waals surface area contributed by atoms with Gasteiger partial charge in [0.05, 0.1) is 5.56 Å². The lowest BCUT2D eigenvalue weighted by Crippen LogP contribution is -2.41. The summed E-state index contributed by atoms with van der Waals surface area (Å²) in [5, 5.41) is 0.914. The van der Waals surface area contributed by atoms with Crippen LogP contribution in [0.1, 0.15) is 41.1 Å². The fourth-order valence-corrected chi connectivity index (χ4v) is 5.24. The third-order valence-corrected chi connectivity index (χ3v) is 7.08.